The Balaban J connectivity index is 1.67. The number of hydrogen-bond donors (Lipinski definition) is 4. The van der Waals surface area contributed by atoms with Crippen LogP contribution in [0.5, 0.6) is 0 Å². The third kappa shape index (κ3) is 8.13. The molecular weight excluding hydrogens is 506 g/mol. The van der Waals surface area contributed by atoms with Gasteiger partial charge in [-0.15, -0.1) is 0 Å². The Hall–Kier alpha value is -4.22. The number of amides is 4. The molecule has 210 valence electrons. The quantitative estimate of drug-likeness (QED) is 0.341. The first-order chi connectivity index (χ1) is 18.6. The first kappa shape index (κ1) is 29.3. The Morgan fingerprint density at radius 2 is 1.69 bits per heavy atom. The highest BCUT2D eigenvalue weighted by molar-refractivity contribution is 6.38. The van der Waals surface area contributed by atoms with E-state index < -0.39 is 47.7 Å². The molecule has 12 nitrogen and oxygen atoms in total. The van der Waals surface area contributed by atoms with Gasteiger partial charge >= 0.3 is 6.09 Å². The van der Waals surface area contributed by atoms with Gasteiger partial charge in [-0.1, -0.05) is 63.2 Å². The highest BCUT2D eigenvalue weighted by Gasteiger charge is 2.35. The first-order valence-electron chi connectivity index (χ1n) is 12.9. The number of aromatic nitrogens is 1. The number of carbonyl (C=O) groups excluding carboxylic acids is 5. The number of fused-ring (bicyclic) bond motifs is 1. The van der Waals surface area contributed by atoms with E-state index in [9.17, 15) is 24.0 Å². The summed E-state index contributed by atoms with van der Waals surface area (Å²) in [7, 11) is 0. The summed E-state index contributed by atoms with van der Waals surface area (Å²) in [5.41, 5.74) is 1.52. The van der Waals surface area contributed by atoms with Gasteiger partial charge in [0.25, 0.3) is 5.91 Å². The maximum atomic E-state index is 13.3. The Kier molecular flexibility index (Phi) is 10.2. The topological polar surface area (TPSA) is 169 Å². The van der Waals surface area contributed by atoms with Crippen LogP contribution >= 0.6 is 0 Å². The molecule has 1 aromatic heterocycles. The molecule has 0 saturated heterocycles. The number of nitrogens with one attached hydrogen (secondary N) is 4. The van der Waals surface area contributed by atoms with Crippen LogP contribution in [0.3, 0.4) is 0 Å². The third-order valence-corrected chi connectivity index (χ3v) is 6.34. The van der Waals surface area contributed by atoms with Crippen molar-refractivity contribution >= 4 is 29.6 Å². The zero-order chi connectivity index (χ0) is 28.5. The summed E-state index contributed by atoms with van der Waals surface area (Å²) < 4.78 is 10.5. The van der Waals surface area contributed by atoms with E-state index in [1.807, 2.05) is 18.2 Å². The summed E-state index contributed by atoms with van der Waals surface area (Å²) in [5.74, 6) is -3.20. The Morgan fingerprint density at radius 3 is 2.36 bits per heavy atom. The predicted octanol–water partition coefficient (Wildman–Crippen LogP) is 1.04. The van der Waals surface area contributed by atoms with E-state index in [0.29, 0.717) is 12.2 Å². The molecule has 0 spiro atoms. The lowest BCUT2D eigenvalue weighted by molar-refractivity contribution is -0.140. The summed E-state index contributed by atoms with van der Waals surface area (Å²) >= 11 is 0. The van der Waals surface area contributed by atoms with Gasteiger partial charge in [-0.25, -0.2) is 4.79 Å². The molecule has 3 rings (SSSR count). The maximum absolute atomic E-state index is 13.3. The van der Waals surface area contributed by atoms with E-state index in [4.69, 9.17) is 9.26 Å². The van der Waals surface area contributed by atoms with Crippen LogP contribution in [0.1, 0.15) is 44.6 Å². The van der Waals surface area contributed by atoms with Crippen LogP contribution in [0.4, 0.5) is 4.79 Å². The molecule has 2 aromatic rings. The highest BCUT2D eigenvalue weighted by Crippen LogP contribution is 2.14. The fourth-order valence-electron chi connectivity index (χ4n) is 4.07. The van der Waals surface area contributed by atoms with Crippen LogP contribution < -0.4 is 21.3 Å². The third-order valence-electron chi connectivity index (χ3n) is 6.34. The van der Waals surface area contributed by atoms with Gasteiger partial charge in [-0.3, -0.25) is 19.2 Å². The number of Topliss-reactive ketones (excluding diaryl/α,β-unsaturated/α-hetero) is 1. The lowest BCUT2D eigenvalue weighted by Gasteiger charge is -2.28. The predicted molar refractivity (Wildman–Crippen MR) is 139 cm³/mol. The molecule has 1 aromatic carbocycles. The van der Waals surface area contributed by atoms with E-state index in [-0.39, 0.29) is 31.4 Å². The monoisotopic (exact) mass is 541 g/mol. The van der Waals surface area contributed by atoms with Crippen LogP contribution in [0, 0.1) is 11.8 Å². The molecule has 0 radical (unpaired) electrons. The molecule has 0 saturated carbocycles. The van der Waals surface area contributed by atoms with Gasteiger partial charge in [0.15, 0.2) is 0 Å². The summed E-state index contributed by atoms with van der Waals surface area (Å²) in [5, 5.41) is 14.1. The lowest BCUT2D eigenvalue weighted by Crippen LogP contribution is -2.59. The van der Waals surface area contributed by atoms with Crippen molar-refractivity contribution in [3.63, 3.8) is 0 Å². The summed E-state index contributed by atoms with van der Waals surface area (Å²) in [4.78, 5) is 63.9. The molecule has 3 unspecified atom stereocenters. The lowest BCUT2D eigenvalue weighted by atomic mass is 9.98. The summed E-state index contributed by atoms with van der Waals surface area (Å²) in [6.07, 6.45) is 1.11. The standard InChI is InChI=1S/C27H35N5O7/c1-15(2)21(24(34)30-19-12-20-18(13-29-39-20)10-11-28-26(36)23(19)33)31-25(35)22(16(3)4)32-27(37)38-14-17-8-6-5-7-9-17/h5-9,13,15-16,19,21-22H,10-12,14H2,1-4H3,(H,28,36)(H,30,34)(H,31,35)(H,32,37). The number of carbonyl (C=O) groups is 5. The largest absolute Gasteiger partial charge is 0.445 e. The molecule has 12 heteroatoms. The first-order valence-corrected chi connectivity index (χ1v) is 12.9. The Morgan fingerprint density at radius 1 is 1.03 bits per heavy atom. The average Bonchev–Trinajstić information content (AvgIpc) is 3.35. The van der Waals surface area contributed by atoms with E-state index in [1.165, 1.54) is 6.20 Å². The second kappa shape index (κ2) is 13.5. The van der Waals surface area contributed by atoms with Crippen LogP contribution in [-0.4, -0.2) is 59.4 Å². The number of ketones is 1. The van der Waals surface area contributed by atoms with E-state index >= 15 is 0 Å². The second-order valence-electron chi connectivity index (χ2n) is 10.1. The van der Waals surface area contributed by atoms with Gasteiger partial charge in [-0.05, 0) is 23.8 Å². The number of alkyl carbamates (subject to hydrolysis) is 1. The van der Waals surface area contributed by atoms with Gasteiger partial charge in [0.1, 0.15) is 30.5 Å². The summed E-state index contributed by atoms with van der Waals surface area (Å²) in [6, 6.07) is 5.84. The molecule has 0 bridgehead atoms. The molecule has 1 aliphatic heterocycles. The molecular formula is C27H35N5O7. The Labute approximate surface area is 226 Å². The van der Waals surface area contributed by atoms with Crippen molar-refractivity contribution < 1.29 is 33.2 Å². The molecule has 0 aliphatic carbocycles. The minimum absolute atomic E-state index is 0.0338. The molecule has 2 heterocycles. The van der Waals surface area contributed by atoms with E-state index in [0.717, 1.165) is 11.1 Å². The van der Waals surface area contributed by atoms with Crippen molar-refractivity contribution in [1.82, 2.24) is 26.4 Å². The molecule has 4 N–H and O–H groups in total. The van der Waals surface area contributed by atoms with Crippen molar-refractivity contribution in [1.29, 1.82) is 0 Å². The minimum atomic E-state index is -1.22. The molecule has 1 aliphatic rings. The molecule has 4 amide bonds. The van der Waals surface area contributed by atoms with E-state index in [1.54, 1.807) is 39.8 Å². The number of ether oxygens (including phenoxy) is 1. The zero-order valence-corrected chi connectivity index (χ0v) is 22.5. The van der Waals surface area contributed by atoms with Crippen LogP contribution in [-0.2, 0) is 43.4 Å². The number of benzene rings is 1. The molecule has 39 heavy (non-hydrogen) atoms. The fraction of sp³-hybridized carbons (Fsp3) is 0.481. The summed E-state index contributed by atoms with van der Waals surface area (Å²) in [6.45, 7) is 7.20. The SMILES string of the molecule is CC(C)C(NC(=O)OCc1ccccc1)C(=O)NC(C(=O)NC1Cc2oncc2CCNC(=O)C1=O)C(C)C. The normalized spacial score (nSPS) is 17.1. The van der Waals surface area contributed by atoms with Crippen molar-refractivity contribution in [3.05, 3.63) is 53.4 Å². The van der Waals surface area contributed by atoms with Crippen LogP contribution in [0.2, 0.25) is 0 Å². The Bertz CT molecular complexity index is 1180. The van der Waals surface area contributed by atoms with Gasteiger partial charge in [0.05, 0.1) is 6.20 Å². The average molecular weight is 542 g/mol. The number of nitrogens with zero attached hydrogens (tertiary/aromatic N) is 1. The molecule has 0 fully saturated rings. The van der Waals surface area contributed by atoms with Crippen LogP contribution in [0.25, 0.3) is 0 Å². The smallest absolute Gasteiger partial charge is 0.408 e. The minimum Gasteiger partial charge on any atom is -0.445 e. The van der Waals surface area contributed by atoms with Crippen molar-refractivity contribution in [2.24, 2.45) is 11.8 Å². The van der Waals surface area contributed by atoms with Crippen molar-refractivity contribution in [2.75, 3.05) is 6.54 Å². The number of hydrogen-bond acceptors (Lipinski definition) is 8. The van der Waals surface area contributed by atoms with Crippen LogP contribution in [0.15, 0.2) is 41.1 Å². The second-order valence-corrected chi connectivity index (χ2v) is 10.1. The highest BCUT2D eigenvalue weighted by atomic mass is 16.5. The zero-order valence-electron chi connectivity index (χ0n) is 22.5. The van der Waals surface area contributed by atoms with Gasteiger partial charge in [-0.2, -0.15) is 0 Å². The van der Waals surface area contributed by atoms with Crippen molar-refractivity contribution in [3.8, 4) is 0 Å². The number of rotatable bonds is 9. The van der Waals surface area contributed by atoms with Gasteiger partial charge < -0.3 is 30.5 Å². The van der Waals surface area contributed by atoms with E-state index in [2.05, 4.69) is 26.4 Å². The van der Waals surface area contributed by atoms with Crippen molar-refractivity contribution in [2.45, 2.75) is 65.3 Å². The fourth-order valence-corrected chi connectivity index (χ4v) is 4.07. The van der Waals surface area contributed by atoms with Gasteiger partial charge in [0.2, 0.25) is 17.6 Å². The molecule has 3 atom stereocenters. The maximum Gasteiger partial charge on any atom is 0.408 e. The van der Waals surface area contributed by atoms with Gasteiger partial charge in [0, 0.05) is 18.5 Å².